The average molecular weight is 527 g/mol. The highest BCUT2D eigenvalue weighted by atomic mass is 16.5. The number of Topliss-reactive ketones (excluding diaryl/α,β-unsaturated/α-hetero) is 1. The first kappa shape index (κ1) is 26.1. The van der Waals surface area contributed by atoms with Gasteiger partial charge < -0.3 is 14.2 Å². The van der Waals surface area contributed by atoms with Crippen LogP contribution in [0.5, 0.6) is 11.5 Å². The van der Waals surface area contributed by atoms with E-state index in [1.165, 1.54) is 13.3 Å². The van der Waals surface area contributed by atoms with Crippen molar-refractivity contribution in [1.82, 2.24) is 14.8 Å². The minimum atomic E-state index is -0.613. The molecule has 0 aliphatic carbocycles. The highest BCUT2D eigenvalue weighted by molar-refractivity contribution is 5.83. The van der Waals surface area contributed by atoms with Crippen LogP contribution in [0.1, 0.15) is 29.4 Å². The molecule has 0 spiro atoms. The molecule has 4 aromatic rings. The number of nitrogens with zero attached hydrogens (tertiary/aromatic N) is 3. The van der Waals surface area contributed by atoms with Crippen LogP contribution in [0.4, 0.5) is 10.6 Å². The number of anilines is 1. The summed E-state index contributed by atoms with van der Waals surface area (Å²) in [7, 11) is 1.28. The number of pyridine rings is 1. The Morgan fingerprint density at radius 1 is 1.00 bits per heavy atom. The van der Waals surface area contributed by atoms with Gasteiger partial charge in [-0.15, -0.1) is 0 Å². The monoisotopic (exact) mass is 526 g/mol. The molecule has 0 bridgehead atoms. The van der Waals surface area contributed by atoms with Gasteiger partial charge in [-0.3, -0.25) is 10.1 Å². The van der Waals surface area contributed by atoms with Crippen molar-refractivity contribution in [3.63, 3.8) is 0 Å². The van der Waals surface area contributed by atoms with Gasteiger partial charge in [0, 0.05) is 25.1 Å². The first-order valence-electron chi connectivity index (χ1n) is 12.6. The zero-order chi connectivity index (χ0) is 27.4. The third-order valence-corrected chi connectivity index (χ3v) is 6.61. The maximum atomic E-state index is 13.1. The maximum absolute atomic E-state index is 13.1. The van der Waals surface area contributed by atoms with Gasteiger partial charge >= 0.3 is 6.09 Å². The van der Waals surface area contributed by atoms with Crippen LogP contribution in [0.25, 0.3) is 5.69 Å². The van der Waals surface area contributed by atoms with Crippen LogP contribution in [0.2, 0.25) is 0 Å². The van der Waals surface area contributed by atoms with Crippen LogP contribution in [0, 0.1) is 6.92 Å². The Morgan fingerprint density at radius 2 is 1.74 bits per heavy atom. The predicted octanol–water partition coefficient (Wildman–Crippen LogP) is 5.19. The quantitative estimate of drug-likeness (QED) is 0.320. The number of aryl methyl sites for hydroxylation is 1. The molecule has 5 rings (SSSR count). The van der Waals surface area contributed by atoms with Crippen molar-refractivity contribution in [3.05, 3.63) is 95.4 Å². The molecule has 1 aliphatic heterocycles. The fourth-order valence-electron chi connectivity index (χ4n) is 4.31. The number of nitrogens with one attached hydrogen (secondary N) is 1. The van der Waals surface area contributed by atoms with Gasteiger partial charge in [-0.05, 0) is 55.8 Å². The molecule has 39 heavy (non-hydrogen) atoms. The summed E-state index contributed by atoms with van der Waals surface area (Å²) < 4.78 is 17.8. The fourth-order valence-corrected chi connectivity index (χ4v) is 4.31. The zero-order valence-electron chi connectivity index (χ0n) is 22.1. The van der Waals surface area contributed by atoms with Crippen molar-refractivity contribution in [1.29, 1.82) is 0 Å². The Kier molecular flexibility index (Phi) is 7.42. The normalized spacial score (nSPS) is 13.8. The molecular formula is C30H30N4O5. The molecule has 9 heteroatoms. The number of carbonyl (C=O) groups excluding carboxylic acids is 2. The lowest BCUT2D eigenvalue weighted by atomic mass is 9.85. The maximum Gasteiger partial charge on any atom is 0.412 e. The predicted molar refractivity (Wildman–Crippen MR) is 146 cm³/mol. The van der Waals surface area contributed by atoms with Gasteiger partial charge in [0.05, 0.1) is 42.8 Å². The highest BCUT2D eigenvalue weighted by Gasteiger charge is 2.38. The number of ether oxygens (including phenoxy) is 3. The molecule has 1 N–H and O–H groups in total. The van der Waals surface area contributed by atoms with Crippen LogP contribution >= 0.6 is 0 Å². The van der Waals surface area contributed by atoms with Crippen LogP contribution in [0.3, 0.4) is 0 Å². The molecule has 0 atom stereocenters. The minimum absolute atomic E-state index is 0.0890. The number of carbonyl (C=O) groups is 2. The molecule has 1 fully saturated rings. The van der Waals surface area contributed by atoms with Gasteiger partial charge in [-0.2, -0.15) is 5.10 Å². The van der Waals surface area contributed by atoms with Crippen molar-refractivity contribution in [2.24, 2.45) is 0 Å². The molecule has 2 aromatic carbocycles. The van der Waals surface area contributed by atoms with Crippen LogP contribution < -0.4 is 10.1 Å². The average Bonchev–Trinajstić information content (AvgIpc) is 3.32. The van der Waals surface area contributed by atoms with E-state index in [4.69, 9.17) is 14.6 Å². The Labute approximate surface area is 226 Å². The third kappa shape index (κ3) is 6.15. The first-order valence-corrected chi connectivity index (χ1v) is 12.6. The molecule has 2 aromatic heterocycles. The molecule has 0 unspecified atom stereocenters. The van der Waals surface area contributed by atoms with Crippen LogP contribution in [-0.4, -0.2) is 47.0 Å². The van der Waals surface area contributed by atoms with E-state index in [1.54, 1.807) is 12.1 Å². The summed E-state index contributed by atoms with van der Waals surface area (Å²) in [4.78, 5) is 28.6. The number of aromatic nitrogens is 3. The SMILES string of the molecule is COC(=O)Nc1cc(Oc2ccc(CC(=O)Cc3cc(C4(C)COC4)nn3-c3ccc(C)cc3)cc2)ccn1. The summed E-state index contributed by atoms with van der Waals surface area (Å²) in [5, 5.41) is 7.37. The van der Waals surface area contributed by atoms with E-state index in [1.807, 2.05) is 66.2 Å². The van der Waals surface area contributed by atoms with Crippen molar-refractivity contribution in [2.45, 2.75) is 32.1 Å². The molecule has 1 amide bonds. The molecular weight excluding hydrogens is 496 g/mol. The molecule has 0 radical (unpaired) electrons. The summed E-state index contributed by atoms with van der Waals surface area (Å²) in [6, 6.07) is 20.8. The van der Waals surface area contributed by atoms with Gasteiger partial charge in [0.15, 0.2) is 0 Å². The molecule has 1 aliphatic rings. The number of amides is 1. The van der Waals surface area contributed by atoms with E-state index in [-0.39, 0.29) is 24.0 Å². The van der Waals surface area contributed by atoms with E-state index in [0.717, 1.165) is 28.2 Å². The van der Waals surface area contributed by atoms with Crippen molar-refractivity contribution in [2.75, 3.05) is 25.6 Å². The number of rotatable bonds is 9. The first-order chi connectivity index (χ1) is 18.8. The lowest BCUT2D eigenvalue weighted by Gasteiger charge is -2.36. The Bertz CT molecular complexity index is 1470. The zero-order valence-corrected chi connectivity index (χ0v) is 22.1. The second kappa shape index (κ2) is 11.1. The molecule has 200 valence electrons. The van der Waals surface area contributed by atoms with Gasteiger partial charge in [0.2, 0.25) is 0 Å². The number of benzene rings is 2. The summed E-state index contributed by atoms with van der Waals surface area (Å²) in [6.07, 6.45) is 1.47. The standard InChI is InChI=1S/C30H30N4O5/c1-20-4-8-22(9-5-20)34-23(16-27(33-34)30(2)18-38-19-30)15-24(35)14-21-6-10-25(11-7-21)39-26-12-13-31-28(17-26)32-29(36)37-3/h4-13,16-17H,14-15,18-19H2,1-3H3,(H,31,32,36). The molecule has 1 saturated heterocycles. The third-order valence-electron chi connectivity index (χ3n) is 6.61. The molecule has 9 nitrogen and oxygen atoms in total. The van der Waals surface area contributed by atoms with Crippen molar-refractivity contribution in [3.8, 4) is 17.2 Å². The van der Waals surface area contributed by atoms with Crippen molar-refractivity contribution < 1.29 is 23.8 Å². The summed E-state index contributed by atoms with van der Waals surface area (Å²) in [5.74, 6) is 1.50. The number of methoxy groups -OCH3 is 1. The smallest absolute Gasteiger partial charge is 0.412 e. The van der Waals surface area contributed by atoms with Crippen molar-refractivity contribution >= 4 is 17.7 Å². The Morgan fingerprint density at radius 3 is 2.41 bits per heavy atom. The van der Waals surface area contributed by atoms with E-state index in [0.29, 0.717) is 30.5 Å². The van der Waals surface area contributed by atoms with E-state index in [9.17, 15) is 9.59 Å². The highest BCUT2D eigenvalue weighted by Crippen LogP contribution is 2.32. The second-order valence-corrected chi connectivity index (χ2v) is 9.95. The van der Waals surface area contributed by atoms with Gasteiger partial charge in [0.25, 0.3) is 0 Å². The molecule has 0 saturated carbocycles. The lowest BCUT2D eigenvalue weighted by Crippen LogP contribution is -2.44. The Balaban J connectivity index is 1.26. The summed E-state index contributed by atoms with van der Waals surface area (Å²) in [5.41, 5.74) is 4.66. The van der Waals surface area contributed by atoms with E-state index < -0.39 is 6.09 Å². The number of hydrogen-bond acceptors (Lipinski definition) is 7. The summed E-state index contributed by atoms with van der Waals surface area (Å²) in [6.45, 7) is 5.43. The minimum Gasteiger partial charge on any atom is -0.457 e. The number of hydrogen-bond donors (Lipinski definition) is 1. The van der Waals surface area contributed by atoms with E-state index in [2.05, 4.69) is 22.0 Å². The summed E-state index contributed by atoms with van der Waals surface area (Å²) >= 11 is 0. The van der Waals surface area contributed by atoms with Gasteiger partial charge in [-0.25, -0.2) is 14.5 Å². The topological polar surface area (TPSA) is 105 Å². The van der Waals surface area contributed by atoms with E-state index >= 15 is 0 Å². The largest absolute Gasteiger partial charge is 0.457 e. The van der Waals surface area contributed by atoms with Crippen LogP contribution in [0.15, 0.2) is 72.9 Å². The van der Waals surface area contributed by atoms with Crippen LogP contribution in [-0.2, 0) is 32.5 Å². The molecule has 3 heterocycles. The van der Waals surface area contributed by atoms with Gasteiger partial charge in [0.1, 0.15) is 23.1 Å². The number of ketones is 1. The lowest BCUT2D eigenvalue weighted by molar-refractivity contribution is -0.117. The van der Waals surface area contributed by atoms with Gasteiger partial charge in [-0.1, -0.05) is 29.8 Å². The Hall–Kier alpha value is -4.50. The fraction of sp³-hybridized carbons (Fsp3) is 0.267. The second-order valence-electron chi connectivity index (χ2n) is 9.95.